The number of hydrogen-bond acceptors (Lipinski definition) is 9. The van der Waals surface area contributed by atoms with Gasteiger partial charge in [-0.1, -0.05) is 6.07 Å². The van der Waals surface area contributed by atoms with E-state index in [1.54, 1.807) is 20.8 Å². The second-order valence-corrected chi connectivity index (χ2v) is 11.0. The van der Waals surface area contributed by atoms with Crippen LogP contribution in [0.3, 0.4) is 0 Å². The van der Waals surface area contributed by atoms with Gasteiger partial charge in [-0.05, 0) is 33.8 Å². The Bertz CT molecular complexity index is 1300. The lowest BCUT2D eigenvalue weighted by atomic mass is 10.2. The second-order valence-electron chi connectivity index (χ2n) is 8.81. The maximum atomic E-state index is 14.1. The number of rotatable bonds is 17. The van der Waals surface area contributed by atoms with Crippen LogP contribution >= 0.6 is 7.60 Å². The summed E-state index contributed by atoms with van der Waals surface area (Å²) in [7, 11) is -2.10. The van der Waals surface area contributed by atoms with Gasteiger partial charge in [0.1, 0.15) is 23.4 Å². The average Bonchev–Trinajstić information content (AvgIpc) is 2.93. The molecule has 41 heavy (non-hydrogen) atoms. The molecule has 0 fully saturated rings. The third-order valence-electron chi connectivity index (χ3n) is 6.08. The Kier molecular flexibility index (Phi) is 12.9. The summed E-state index contributed by atoms with van der Waals surface area (Å²) in [6.45, 7) is 6.55. The van der Waals surface area contributed by atoms with Gasteiger partial charge in [0.15, 0.2) is 5.75 Å². The van der Waals surface area contributed by atoms with Gasteiger partial charge in [-0.2, -0.15) is 0 Å². The van der Waals surface area contributed by atoms with Crippen LogP contribution in [0.4, 0.5) is 8.78 Å². The van der Waals surface area contributed by atoms with E-state index in [0.717, 1.165) is 18.3 Å². The molecule has 0 radical (unpaired) electrons. The number of ether oxygens (including phenoxy) is 1. The number of carbonyl (C=O) groups excluding carboxylic acids is 2. The lowest BCUT2D eigenvalue weighted by molar-refractivity contribution is -0.120. The molecule has 2 N–H and O–H groups in total. The predicted octanol–water partition coefficient (Wildman–Crippen LogP) is 2.73. The first-order chi connectivity index (χ1) is 19.4. The predicted molar refractivity (Wildman–Crippen MR) is 148 cm³/mol. The van der Waals surface area contributed by atoms with Crippen LogP contribution < -0.4 is 15.8 Å². The maximum Gasteiger partial charge on any atom is 0.332 e. The van der Waals surface area contributed by atoms with E-state index in [-0.39, 0.29) is 50.3 Å². The molecule has 1 atom stereocenters. The van der Waals surface area contributed by atoms with Crippen LogP contribution in [0, 0.1) is 18.6 Å². The van der Waals surface area contributed by atoms with Crippen molar-refractivity contribution in [1.82, 2.24) is 14.9 Å². The van der Waals surface area contributed by atoms with E-state index >= 15 is 0 Å². The summed E-state index contributed by atoms with van der Waals surface area (Å²) in [5, 5.41) is 14.6. The molecule has 12 nitrogen and oxygen atoms in total. The highest BCUT2D eigenvalue weighted by Gasteiger charge is 2.31. The molecule has 0 aliphatic heterocycles. The van der Waals surface area contributed by atoms with Crippen molar-refractivity contribution >= 4 is 19.9 Å². The molecule has 2 rings (SSSR count). The van der Waals surface area contributed by atoms with Crippen molar-refractivity contribution in [3.63, 3.8) is 0 Å². The number of amides is 2. The number of aromatic hydroxyl groups is 1. The molecule has 0 aliphatic carbocycles. The van der Waals surface area contributed by atoms with E-state index in [1.807, 2.05) is 0 Å². The van der Waals surface area contributed by atoms with Crippen LogP contribution in [0.2, 0.25) is 0 Å². The first-order valence-corrected chi connectivity index (χ1v) is 14.7. The number of nitrogens with one attached hydrogen (secondary N) is 1. The molecule has 0 bridgehead atoms. The monoisotopic (exact) mass is 602 g/mol. The smallest absolute Gasteiger partial charge is 0.332 e. The van der Waals surface area contributed by atoms with Gasteiger partial charge in [0.05, 0.1) is 31.7 Å². The fourth-order valence-electron chi connectivity index (χ4n) is 3.93. The molecule has 0 saturated carbocycles. The largest absolute Gasteiger partial charge is 0.503 e. The molecule has 1 aromatic heterocycles. The molecule has 0 saturated heterocycles. The number of halogens is 2. The molecular weight excluding hydrogens is 565 g/mol. The van der Waals surface area contributed by atoms with Crippen LogP contribution in [0.25, 0.3) is 0 Å². The summed E-state index contributed by atoms with van der Waals surface area (Å²) in [6, 6.07) is 2.84. The van der Waals surface area contributed by atoms with Crippen LogP contribution in [-0.4, -0.2) is 79.3 Å². The zero-order valence-corrected chi connectivity index (χ0v) is 24.7. The number of nitrogens with zero attached hydrogens (tertiary/aromatic N) is 3. The van der Waals surface area contributed by atoms with E-state index in [0.29, 0.717) is 19.1 Å². The van der Waals surface area contributed by atoms with Crippen molar-refractivity contribution in [3.8, 4) is 5.75 Å². The highest BCUT2D eigenvalue weighted by atomic mass is 31.2. The Balaban J connectivity index is 2.57. The fraction of sp³-hybridized carbons (Fsp3) is 0.500. The van der Waals surface area contributed by atoms with E-state index in [4.69, 9.17) is 13.8 Å². The number of carbonyl (C=O) groups is 2. The second kappa shape index (κ2) is 15.6. The summed E-state index contributed by atoms with van der Waals surface area (Å²) in [5.41, 5.74) is -1.50. The van der Waals surface area contributed by atoms with Gasteiger partial charge in [-0.3, -0.25) is 28.6 Å². The minimum atomic E-state index is -3.59. The summed E-state index contributed by atoms with van der Waals surface area (Å²) in [6.07, 6.45) is 0.692. The highest BCUT2D eigenvalue weighted by molar-refractivity contribution is 7.53. The molecule has 228 valence electrons. The molecule has 2 amide bonds. The number of hydrogen-bond donors (Lipinski definition) is 2. The number of benzene rings is 1. The fourth-order valence-corrected chi connectivity index (χ4v) is 5.50. The molecular formula is C26H37F2N4O8P. The van der Waals surface area contributed by atoms with Crippen molar-refractivity contribution in [3.05, 3.63) is 63.1 Å². The Morgan fingerprint density at radius 1 is 1.20 bits per heavy atom. The maximum absolute atomic E-state index is 14.1. The lowest BCUT2D eigenvalue weighted by Crippen LogP contribution is -2.56. The summed E-state index contributed by atoms with van der Waals surface area (Å²) in [5.74, 6) is -3.37. The van der Waals surface area contributed by atoms with Crippen molar-refractivity contribution in [2.75, 3.05) is 51.2 Å². The first-order valence-electron chi connectivity index (χ1n) is 13.0. The lowest BCUT2D eigenvalue weighted by Gasteiger charge is -2.40. The summed E-state index contributed by atoms with van der Waals surface area (Å²) >= 11 is 0. The number of aromatic nitrogens is 1. The zero-order chi connectivity index (χ0) is 30.7. The van der Waals surface area contributed by atoms with Gasteiger partial charge >= 0.3 is 7.60 Å². The summed E-state index contributed by atoms with van der Waals surface area (Å²) < 4.78 is 58.2. The minimum absolute atomic E-state index is 0.0135. The van der Waals surface area contributed by atoms with Crippen molar-refractivity contribution in [2.45, 2.75) is 40.4 Å². The Morgan fingerprint density at radius 2 is 1.85 bits per heavy atom. The molecule has 15 heteroatoms. The van der Waals surface area contributed by atoms with Crippen LogP contribution in [-0.2, 0) is 29.7 Å². The molecule has 1 aromatic carbocycles. The van der Waals surface area contributed by atoms with E-state index in [1.165, 1.54) is 28.6 Å². The van der Waals surface area contributed by atoms with Crippen molar-refractivity contribution in [1.29, 1.82) is 0 Å². The van der Waals surface area contributed by atoms with Crippen LogP contribution in [0.1, 0.15) is 42.4 Å². The normalized spacial score (nSPS) is 12.2. The van der Waals surface area contributed by atoms with Crippen LogP contribution in [0.5, 0.6) is 5.75 Å². The van der Waals surface area contributed by atoms with Gasteiger partial charge in [-0.25, -0.2) is 8.78 Å². The molecule has 1 heterocycles. The van der Waals surface area contributed by atoms with Gasteiger partial charge in [-0.15, -0.1) is 0 Å². The van der Waals surface area contributed by atoms with Gasteiger partial charge in [0.25, 0.3) is 5.91 Å². The van der Waals surface area contributed by atoms with E-state index in [9.17, 15) is 32.8 Å². The molecule has 2 aromatic rings. The molecule has 1 unspecified atom stereocenters. The van der Waals surface area contributed by atoms with Crippen LogP contribution in [0.15, 0.2) is 29.2 Å². The zero-order valence-electron chi connectivity index (χ0n) is 23.8. The van der Waals surface area contributed by atoms with Crippen molar-refractivity contribution in [2.24, 2.45) is 0 Å². The Labute approximate surface area is 237 Å². The standard InChI is InChI=1S/C26H37F2N4O8P/c1-6-38-16-23(30(5)17-33)31(11-12-41(37,39-7-2)40-8-3)32-15-21(25(35)24(34)18(32)4)26(36)29-14-19-9-10-20(27)13-22(19)28/h9-10,13,15,17,23,34H,6-8,11-12,14,16H2,1-5H3,(H,29,36). The summed E-state index contributed by atoms with van der Waals surface area (Å²) in [4.78, 5) is 39.0. The average molecular weight is 603 g/mol. The first kappa shape index (κ1) is 33.9. The number of pyridine rings is 1. The Hall–Kier alpha value is -3.32. The SMILES string of the molecule is CCOCC(N(C)C=O)N(CCP(=O)(OCC)OCC)n1cc(C(=O)NCc2ccc(F)cc2F)c(=O)c(O)c1C. The topological polar surface area (TPSA) is 140 Å². The Morgan fingerprint density at radius 3 is 2.41 bits per heavy atom. The molecule has 0 spiro atoms. The van der Waals surface area contributed by atoms with E-state index < -0.39 is 48.0 Å². The third kappa shape index (κ3) is 8.83. The molecule has 0 aliphatic rings. The quantitative estimate of drug-likeness (QED) is 0.159. The van der Waals surface area contributed by atoms with E-state index in [2.05, 4.69) is 5.32 Å². The van der Waals surface area contributed by atoms with Gasteiger partial charge in [0, 0.05) is 44.6 Å². The third-order valence-corrected chi connectivity index (χ3v) is 8.13. The van der Waals surface area contributed by atoms with Crippen molar-refractivity contribution < 1.29 is 41.8 Å². The number of likely N-dealkylation sites (N-methyl/N-ethyl adjacent to an activating group) is 1. The minimum Gasteiger partial charge on any atom is -0.503 e. The highest BCUT2D eigenvalue weighted by Crippen LogP contribution is 2.47. The van der Waals surface area contributed by atoms with Gasteiger partial charge in [0.2, 0.25) is 11.8 Å². The van der Waals surface area contributed by atoms with Gasteiger partial charge < -0.3 is 29.1 Å².